The van der Waals surface area contributed by atoms with Crippen molar-refractivity contribution in [1.29, 1.82) is 0 Å². The van der Waals surface area contributed by atoms with Crippen LogP contribution in [0.4, 0.5) is 19.0 Å². The van der Waals surface area contributed by atoms with Gasteiger partial charge in [0.05, 0.1) is 6.54 Å². The van der Waals surface area contributed by atoms with Crippen LogP contribution in [0.5, 0.6) is 0 Å². The Morgan fingerprint density at radius 2 is 2.17 bits per heavy atom. The summed E-state index contributed by atoms with van der Waals surface area (Å²) in [7, 11) is 1.94. The van der Waals surface area contributed by atoms with Crippen molar-refractivity contribution in [3.63, 3.8) is 0 Å². The highest BCUT2D eigenvalue weighted by atomic mass is 19.4. The third-order valence-corrected chi connectivity index (χ3v) is 4.09. The number of aromatic nitrogens is 4. The number of imidazole rings is 1. The lowest BCUT2D eigenvalue weighted by molar-refractivity contribution is -0.141. The van der Waals surface area contributed by atoms with Gasteiger partial charge in [-0.3, -0.25) is 4.90 Å². The van der Waals surface area contributed by atoms with Crippen molar-refractivity contribution in [3.05, 3.63) is 35.8 Å². The van der Waals surface area contributed by atoms with Crippen LogP contribution < -0.4 is 5.73 Å². The molecule has 9 heteroatoms. The van der Waals surface area contributed by atoms with E-state index in [1.807, 2.05) is 7.05 Å². The zero-order valence-electron chi connectivity index (χ0n) is 13.3. The molecule has 1 aliphatic rings. The summed E-state index contributed by atoms with van der Waals surface area (Å²) in [6.07, 6.45) is -0.286. The lowest BCUT2D eigenvalue weighted by Gasteiger charge is -2.27. The SMILES string of the molecule is CN(Cc1nccc(N)n1)C[C@H]1CCc2nc(C(F)(F)F)cn2C1. The smallest absolute Gasteiger partial charge is 0.384 e. The molecule has 0 fully saturated rings. The van der Waals surface area contributed by atoms with Crippen LogP contribution in [0.25, 0.3) is 0 Å². The van der Waals surface area contributed by atoms with Crippen molar-refractivity contribution in [1.82, 2.24) is 24.4 Å². The van der Waals surface area contributed by atoms with Crippen molar-refractivity contribution in [3.8, 4) is 0 Å². The molecule has 1 atom stereocenters. The van der Waals surface area contributed by atoms with Gasteiger partial charge in [-0.25, -0.2) is 15.0 Å². The Hall–Kier alpha value is -2.16. The highest BCUT2D eigenvalue weighted by molar-refractivity contribution is 5.24. The molecular weight excluding hydrogens is 321 g/mol. The summed E-state index contributed by atoms with van der Waals surface area (Å²) < 4.78 is 39.9. The van der Waals surface area contributed by atoms with Gasteiger partial charge in [-0.05, 0) is 25.5 Å². The maximum absolute atomic E-state index is 12.7. The van der Waals surface area contributed by atoms with Crippen molar-refractivity contribution in [2.45, 2.75) is 32.1 Å². The number of aryl methyl sites for hydroxylation is 1. The summed E-state index contributed by atoms with van der Waals surface area (Å²) in [6, 6.07) is 1.63. The average Bonchev–Trinajstić information content (AvgIpc) is 2.90. The Balaban J connectivity index is 1.60. The van der Waals surface area contributed by atoms with Crippen LogP contribution >= 0.6 is 0 Å². The summed E-state index contributed by atoms with van der Waals surface area (Å²) in [5, 5.41) is 0. The van der Waals surface area contributed by atoms with Crippen molar-refractivity contribution in [2.75, 3.05) is 19.3 Å². The summed E-state index contributed by atoms with van der Waals surface area (Å²) >= 11 is 0. The molecule has 24 heavy (non-hydrogen) atoms. The van der Waals surface area contributed by atoms with Crippen LogP contribution in [-0.4, -0.2) is 38.0 Å². The molecule has 0 aliphatic carbocycles. The van der Waals surface area contributed by atoms with Gasteiger partial charge in [0.25, 0.3) is 0 Å². The van der Waals surface area contributed by atoms with Crippen LogP contribution in [0.1, 0.15) is 23.8 Å². The molecule has 0 radical (unpaired) electrons. The van der Waals surface area contributed by atoms with Gasteiger partial charge in [-0.2, -0.15) is 13.2 Å². The van der Waals surface area contributed by atoms with Gasteiger partial charge < -0.3 is 10.3 Å². The number of anilines is 1. The first-order valence-corrected chi connectivity index (χ1v) is 7.70. The Labute approximate surface area is 137 Å². The number of fused-ring (bicyclic) bond motifs is 1. The quantitative estimate of drug-likeness (QED) is 0.921. The zero-order valence-corrected chi connectivity index (χ0v) is 13.3. The van der Waals surface area contributed by atoms with Crippen LogP contribution in [0.3, 0.4) is 0 Å². The molecule has 0 aromatic carbocycles. The minimum atomic E-state index is -4.39. The molecular formula is C15H19F3N6. The van der Waals surface area contributed by atoms with E-state index in [2.05, 4.69) is 19.9 Å². The number of alkyl halides is 3. The molecule has 2 aromatic rings. The molecule has 6 nitrogen and oxygen atoms in total. The van der Waals surface area contributed by atoms with Gasteiger partial charge >= 0.3 is 6.18 Å². The fraction of sp³-hybridized carbons (Fsp3) is 0.533. The lowest BCUT2D eigenvalue weighted by atomic mass is 9.99. The lowest BCUT2D eigenvalue weighted by Crippen LogP contribution is -2.31. The van der Waals surface area contributed by atoms with E-state index in [4.69, 9.17) is 5.73 Å². The number of nitrogens with two attached hydrogens (primary N) is 1. The Kier molecular flexibility index (Phi) is 4.44. The molecule has 2 aromatic heterocycles. The standard InChI is InChI=1S/C15H19F3N6/c1-23(9-13-20-5-4-12(19)22-13)6-10-2-3-14-21-11(15(16,17)18)8-24(14)7-10/h4-5,8,10H,2-3,6-7,9H2,1H3,(H2,19,20,22)/t10-/m1/s1. The highest BCUT2D eigenvalue weighted by Gasteiger charge is 2.35. The van der Waals surface area contributed by atoms with Gasteiger partial charge in [0, 0.05) is 31.9 Å². The fourth-order valence-corrected chi connectivity index (χ4v) is 3.04. The van der Waals surface area contributed by atoms with E-state index in [1.165, 1.54) is 0 Å². The van der Waals surface area contributed by atoms with Crippen LogP contribution in [0, 0.1) is 5.92 Å². The van der Waals surface area contributed by atoms with E-state index in [-0.39, 0.29) is 5.92 Å². The zero-order chi connectivity index (χ0) is 17.3. The first kappa shape index (κ1) is 16.7. The molecule has 1 aliphatic heterocycles. The fourth-order valence-electron chi connectivity index (χ4n) is 3.04. The molecule has 0 saturated heterocycles. The topological polar surface area (TPSA) is 72.9 Å². The number of nitrogen functional groups attached to an aromatic ring is 1. The molecule has 3 heterocycles. The Morgan fingerprint density at radius 1 is 1.38 bits per heavy atom. The monoisotopic (exact) mass is 340 g/mol. The number of hydrogen-bond acceptors (Lipinski definition) is 5. The third-order valence-electron chi connectivity index (χ3n) is 4.09. The van der Waals surface area contributed by atoms with Gasteiger partial charge in [0.15, 0.2) is 5.69 Å². The minimum Gasteiger partial charge on any atom is -0.384 e. The van der Waals surface area contributed by atoms with Gasteiger partial charge in [-0.1, -0.05) is 0 Å². The highest BCUT2D eigenvalue weighted by Crippen LogP contribution is 2.30. The second kappa shape index (κ2) is 6.39. The predicted molar refractivity (Wildman–Crippen MR) is 81.8 cm³/mol. The van der Waals surface area contributed by atoms with Crippen molar-refractivity contribution in [2.24, 2.45) is 5.92 Å². The first-order valence-electron chi connectivity index (χ1n) is 7.70. The number of halogens is 3. The van der Waals surface area contributed by atoms with Gasteiger partial charge in [0.1, 0.15) is 17.5 Å². The van der Waals surface area contributed by atoms with E-state index in [0.717, 1.165) is 19.2 Å². The van der Waals surface area contributed by atoms with E-state index in [1.54, 1.807) is 16.8 Å². The van der Waals surface area contributed by atoms with Gasteiger partial charge in [-0.15, -0.1) is 0 Å². The molecule has 2 N–H and O–H groups in total. The van der Waals surface area contributed by atoms with Crippen molar-refractivity contribution >= 4 is 5.82 Å². The average molecular weight is 340 g/mol. The third kappa shape index (κ3) is 3.84. The largest absolute Gasteiger partial charge is 0.434 e. The molecule has 0 spiro atoms. The van der Waals surface area contributed by atoms with Crippen LogP contribution in [0.2, 0.25) is 0 Å². The second-order valence-corrected chi connectivity index (χ2v) is 6.19. The molecule has 0 unspecified atom stereocenters. The normalized spacial score (nSPS) is 18.0. The maximum atomic E-state index is 12.7. The van der Waals surface area contributed by atoms with E-state index in [0.29, 0.717) is 37.0 Å². The second-order valence-electron chi connectivity index (χ2n) is 6.19. The number of hydrogen-bond donors (Lipinski definition) is 1. The maximum Gasteiger partial charge on any atom is 0.434 e. The molecule has 3 rings (SSSR count). The molecule has 130 valence electrons. The van der Waals surface area contributed by atoms with E-state index < -0.39 is 11.9 Å². The predicted octanol–water partition coefficient (Wildman–Crippen LogP) is 1.97. The summed E-state index contributed by atoms with van der Waals surface area (Å²) in [6.45, 7) is 1.84. The molecule has 0 bridgehead atoms. The van der Waals surface area contributed by atoms with Crippen LogP contribution in [0.15, 0.2) is 18.5 Å². The molecule has 0 amide bonds. The summed E-state index contributed by atoms with van der Waals surface area (Å²) in [5.41, 5.74) is 4.83. The minimum absolute atomic E-state index is 0.263. The van der Waals surface area contributed by atoms with Crippen LogP contribution in [-0.2, 0) is 25.7 Å². The Bertz CT molecular complexity index is 711. The van der Waals surface area contributed by atoms with Gasteiger partial charge in [0.2, 0.25) is 0 Å². The summed E-state index contributed by atoms with van der Waals surface area (Å²) in [4.78, 5) is 14.1. The molecule has 0 saturated carbocycles. The van der Waals surface area contributed by atoms with Crippen molar-refractivity contribution < 1.29 is 13.2 Å². The van der Waals surface area contributed by atoms with E-state index in [9.17, 15) is 13.2 Å². The number of nitrogens with zero attached hydrogens (tertiary/aromatic N) is 5. The summed E-state index contributed by atoms with van der Waals surface area (Å²) in [5.74, 6) is 1.84. The Morgan fingerprint density at radius 3 is 2.88 bits per heavy atom. The van der Waals surface area contributed by atoms with E-state index >= 15 is 0 Å². The first-order chi connectivity index (χ1) is 11.3. The number of rotatable bonds is 4.